The Bertz CT molecular complexity index is 721. The van der Waals surface area contributed by atoms with E-state index in [1.807, 2.05) is 42.9 Å². The first kappa shape index (κ1) is 17.7. The average Bonchev–Trinajstić information content (AvgIpc) is 3.23. The molecule has 0 spiro atoms. The molecule has 2 aromatic heterocycles. The van der Waals surface area contributed by atoms with Crippen molar-refractivity contribution in [2.24, 2.45) is 13.0 Å². The molecule has 136 valence electrons. The summed E-state index contributed by atoms with van der Waals surface area (Å²) in [5, 5.41) is 11.4. The van der Waals surface area contributed by atoms with Crippen molar-refractivity contribution in [3.05, 3.63) is 35.4 Å². The molecule has 1 aliphatic rings. The molecule has 2 atom stereocenters. The van der Waals surface area contributed by atoms with E-state index in [1.54, 1.807) is 0 Å². The fraction of sp³-hybridized carbons (Fsp3) is 0.611. The molecule has 0 saturated carbocycles. The lowest BCUT2D eigenvalue weighted by atomic mass is 9.85. The Labute approximate surface area is 149 Å². The van der Waals surface area contributed by atoms with Crippen molar-refractivity contribution in [1.29, 1.82) is 0 Å². The van der Waals surface area contributed by atoms with E-state index in [0.29, 0.717) is 17.7 Å². The Morgan fingerprint density at radius 2 is 2.24 bits per heavy atom. The molecule has 0 radical (unpaired) electrons. The highest BCUT2D eigenvalue weighted by molar-refractivity contribution is 5.92. The van der Waals surface area contributed by atoms with Gasteiger partial charge in [0.15, 0.2) is 0 Å². The number of hydrogen-bond donors (Lipinski definition) is 1. The third-order valence-corrected chi connectivity index (χ3v) is 5.16. The summed E-state index contributed by atoms with van der Waals surface area (Å²) in [6.45, 7) is 3.84. The van der Waals surface area contributed by atoms with Crippen LogP contribution in [0.2, 0.25) is 0 Å². The monoisotopic (exact) mass is 344 g/mol. The summed E-state index contributed by atoms with van der Waals surface area (Å²) in [6.07, 6.45) is 7.15. The average molecular weight is 344 g/mol. The number of hydrogen-bond acceptors (Lipinski definition) is 4. The molecule has 7 nitrogen and oxygen atoms in total. The number of carbonyl (C=O) groups is 1. The minimum atomic E-state index is -0.0193. The highest BCUT2D eigenvalue weighted by Crippen LogP contribution is 2.35. The van der Waals surface area contributed by atoms with Gasteiger partial charge in [-0.25, -0.2) is 0 Å². The standard InChI is InChI=1S/C18H28N6O/c1-5-15-9-16(21-20-15)18(25)23(3)11-13-7-6-8-22(2)17(13)14-10-19-24(4)12-14/h9-10,12-13,17H,5-8,11H2,1-4H3,(H,20,21)/t13-,17+/m0/s1. The van der Waals surface area contributed by atoms with Gasteiger partial charge in [0, 0.05) is 44.1 Å². The SMILES string of the molecule is CCc1cc(C(=O)N(C)C[C@@H]2CCCN(C)[C@H]2c2cnn(C)c2)n[nH]1. The van der Waals surface area contributed by atoms with Crippen molar-refractivity contribution in [2.45, 2.75) is 32.2 Å². The molecule has 2 aromatic rings. The zero-order chi connectivity index (χ0) is 18.0. The Morgan fingerprint density at radius 1 is 1.44 bits per heavy atom. The van der Waals surface area contributed by atoms with Crippen LogP contribution in [-0.2, 0) is 13.5 Å². The lowest BCUT2D eigenvalue weighted by molar-refractivity contribution is 0.0640. The largest absolute Gasteiger partial charge is 0.340 e. The number of amides is 1. The molecule has 25 heavy (non-hydrogen) atoms. The number of likely N-dealkylation sites (tertiary alicyclic amines) is 1. The number of nitrogens with zero attached hydrogens (tertiary/aromatic N) is 5. The highest BCUT2D eigenvalue weighted by atomic mass is 16.2. The van der Waals surface area contributed by atoms with E-state index in [9.17, 15) is 4.79 Å². The fourth-order valence-electron chi connectivity index (χ4n) is 3.85. The number of piperidine rings is 1. The van der Waals surface area contributed by atoms with E-state index >= 15 is 0 Å². The molecule has 1 aliphatic heterocycles. The van der Waals surface area contributed by atoms with Crippen LogP contribution < -0.4 is 0 Å². The lowest BCUT2D eigenvalue weighted by Crippen LogP contribution is -2.42. The topological polar surface area (TPSA) is 70.1 Å². The summed E-state index contributed by atoms with van der Waals surface area (Å²) in [7, 11) is 5.98. The van der Waals surface area contributed by atoms with Gasteiger partial charge < -0.3 is 4.90 Å². The molecule has 3 heterocycles. The Balaban J connectivity index is 1.73. The van der Waals surface area contributed by atoms with E-state index in [0.717, 1.165) is 38.0 Å². The second-order valence-electron chi connectivity index (χ2n) is 7.09. The maximum atomic E-state index is 12.7. The summed E-state index contributed by atoms with van der Waals surface area (Å²) >= 11 is 0. The summed E-state index contributed by atoms with van der Waals surface area (Å²) < 4.78 is 1.85. The number of nitrogens with one attached hydrogen (secondary N) is 1. The van der Waals surface area contributed by atoms with Gasteiger partial charge in [-0.05, 0) is 44.8 Å². The Hall–Kier alpha value is -2.15. The molecule has 1 amide bonds. The van der Waals surface area contributed by atoms with Crippen molar-refractivity contribution in [2.75, 3.05) is 27.2 Å². The maximum Gasteiger partial charge on any atom is 0.274 e. The first-order chi connectivity index (χ1) is 12.0. The van der Waals surface area contributed by atoms with Crippen molar-refractivity contribution in [3.8, 4) is 0 Å². The van der Waals surface area contributed by atoms with E-state index < -0.39 is 0 Å². The van der Waals surface area contributed by atoms with E-state index in [1.165, 1.54) is 5.56 Å². The van der Waals surface area contributed by atoms with Crippen LogP contribution in [0.5, 0.6) is 0 Å². The molecular weight excluding hydrogens is 316 g/mol. The maximum absolute atomic E-state index is 12.7. The minimum absolute atomic E-state index is 0.0193. The van der Waals surface area contributed by atoms with E-state index in [4.69, 9.17) is 0 Å². The summed E-state index contributed by atoms with van der Waals surface area (Å²) in [5.41, 5.74) is 2.72. The number of aryl methyl sites for hydroxylation is 2. The van der Waals surface area contributed by atoms with Crippen LogP contribution >= 0.6 is 0 Å². The third kappa shape index (κ3) is 3.76. The van der Waals surface area contributed by atoms with Gasteiger partial charge in [-0.15, -0.1) is 0 Å². The zero-order valence-corrected chi connectivity index (χ0v) is 15.6. The van der Waals surface area contributed by atoms with Crippen molar-refractivity contribution < 1.29 is 4.79 Å². The van der Waals surface area contributed by atoms with Gasteiger partial charge in [0.05, 0.1) is 6.20 Å². The van der Waals surface area contributed by atoms with Crippen LogP contribution in [0.1, 0.15) is 47.6 Å². The Kier molecular flexibility index (Phi) is 5.22. The molecular formula is C18H28N6O. The van der Waals surface area contributed by atoms with Gasteiger partial charge >= 0.3 is 0 Å². The van der Waals surface area contributed by atoms with Crippen molar-refractivity contribution in [1.82, 2.24) is 29.8 Å². The van der Waals surface area contributed by atoms with Crippen molar-refractivity contribution >= 4 is 5.91 Å². The third-order valence-electron chi connectivity index (χ3n) is 5.16. The number of aromatic nitrogens is 4. The van der Waals surface area contributed by atoms with Gasteiger partial charge in [0.2, 0.25) is 0 Å². The molecule has 0 bridgehead atoms. The van der Waals surface area contributed by atoms with Crippen LogP contribution in [0.4, 0.5) is 0 Å². The van der Waals surface area contributed by atoms with Crippen LogP contribution in [0, 0.1) is 5.92 Å². The molecule has 0 aliphatic carbocycles. The Morgan fingerprint density at radius 3 is 2.88 bits per heavy atom. The first-order valence-corrected chi connectivity index (χ1v) is 8.98. The smallest absolute Gasteiger partial charge is 0.274 e. The second-order valence-corrected chi connectivity index (χ2v) is 7.09. The number of H-pyrrole nitrogens is 1. The number of carbonyl (C=O) groups excluding carboxylic acids is 1. The zero-order valence-electron chi connectivity index (χ0n) is 15.6. The predicted octanol–water partition coefficient (Wildman–Crippen LogP) is 1.86. The van der Waals surface area contributed by atoms with Gasteiger partial charge in [-0.2, -0.15) is 10.2 Å². The first-order valence-electron chi connectivity index (χ1n) is 8.98. The summed E-state index contributed by atoms with van der Waals surface area (Å²) in [4.78, 5) is 16.9. The quantitative estimate of drug-likeness (QED) is 0.899. The predicted molar refractivity (Wildman–Crippen MR) is 96.2 cm³/mol. The van der Waals surface area contributed by atoms with Crippen LogP contribution in [0.25, 0.3) is 0 Å². The minimum Gasteiger partial charge on any atom is -0.340 e. The molecule has 0 unspecified atom stereocenters. The molecule has 3 rings (SSSR count). The molecule has 1 saturated heterocycles. The highest BCUT2D eigenvalue weighted by Gasteiger charge is 2.33. The molecule has 0 aromatic carbocycles. The van der Waals surface area contributed by atoms with Gasteiger partial charge in [-0.3, -0.25) is 19.5 Å². The van der Waals surface area contributed by atoms with Crippen molar-refractivity contribution in [3.63, 3.8) is 0 Å². The number of rotatable bonds is 5. The molecule has 7 heteroatoms. The second kappa shape index (κ2) is 7.39. The van der Waals surface area contributed by atoms with Gasteiger partial charge in [0.25, 0.3) is 5.91 Å². The number of aromatic amines is 1. The van der Waals surface area contributed by atoms with Crippen LogP contribution in [-0.4, -0.2) is 62.9 Å². The fourth-order valence-corrected chi connectivity index (χ4v) is 3.85. The normalized spacial score (nSPS) is 21.4. The van der Waals surface area contributed by atoms with E-state index in [-0.39, 0.29) is 5.91 Å². The molecule has 1 fully saturated rings. The molecule has 1 N–H and O–H groups in total. The lowest BCUT2D eigenvalue weighted by Gasteiger charge is -2.40. The van der Waals surface area contributed by atoms with Crippen LogP contribution in [0.3, 0.4) is 0 Å². The van der Waals surface area contributed by atoms with Gasteiger partial charge in [-0.1, -0.05) is 6.92 Å². The van der Waals surface area contributed by atoms with Crippen LogP contribution in [0.15, 0.2) is 18.5 Å². The van der Waals surface area contributed by atoms with Gasteiger partial charge in [0.1, 0.15) is 5.69 Å². The van der Waals surface area contributed by atoms with E-state index in [2.05, 4.69) is 33.4 Å². The summed E-state index contributed by atoms with van der Waals surface area (Å²) in [6, 6.07) is 2.15. The summed E-state index contributed by atoms with van der Waals surface area (Å²) in [5.74, 6) is 0.371.